The summed E-state index contributed by atoms with van der Waals surface area (Å²) in [5.41, 5.74) is 1.43. The number of oxazole rings is 1. The number of nitrogens with zero attached hydrogens (tertiary/aromatic N) is 2. The van der Waals surface area contributed by atoms with Crippen molar-refractivity contribution in [2.45, 2.75) is 26.7 Å². The molecule has 0 unspecified atom stereocenters. The molecule has 0 aromatic carbocycles. The Hall–Kier alpha value is -2.15. The largest absolute Gasteiger partial charge is 0.480 e. The lowest BCUT2D eigenvalue weighted by atomic mass is 10.2. The van der Waals surface area contributed by atoms with Crippen LogP contribution in [-0.4, -0.2) is 40.0 Å². The summed E-state index contributed by atoms with van der Waals surface area (Å²) in [6, 6.07) is 1.90. The summed E-state index contributed by atoms with van der Waals surface area (Å²) in [5.74, 6) is -0.196. The molecule has 2 aromatic rings. The minimum atomic E-state index is -1.02. The topological polar surface area (TPSA) is 83.6 Å². The van der Waals surface area contributed by atoms with E-state index in [1.807, 2.05) is 23.8 Å². The first kappa shape index (κ1) is 16.2. The second kappa shape index (κ2) is 7.22. The quantitative estimate of drug-likeness (QED) is 0.847. The molecule has 0 saturated carbocycles. The smallest absolute Gasteiger partial charge is 0.323 e. The number of carbonyl (C=O) groups is 2. The highest BCUT2D eigenvalue weighted by molar-refractivity contribution is 7.08. The maximum absolute atomic E-state index is 12.3. The van der Waals surface area contributed by atoms with Crippen LogP contribution in [0.2, 0.25) is 0 Å². The normalized spacial score (nSPS) is 10.6. The molecule has 2 aromatic heterocycles. The van der Waals surface area contributed by atoms with Crippen molar-refractivity contribution in [1.82, 2.24) is 9.88 Å². The number of thiophene rings is 1. The van der Waals surface area contributed by atoms with Gasteiger partial charge in [0.25, 0.3) is 0 Å². The van der Waals surface area contributed by atoms with Crippen LogP contribution in [0.5, 0.6) is 0 Å². The van der Waals surface area contributed by atoms with Gasteiger partial charge in [-0.25, -0.2) is 4.98 Å². The van der Waals surface area contributed by atoms with Gasteiger partial charge in [-0.1, -0.05) is 6.92 Å². The molecule has 7 heteroatoms. The van der Waals surface area contributed by atoms with E-state index >= 15 is 0 Å². The molecular formula is C15H18N2O4S. The van der Waals surface area contributed by atoms with Crippen LogP contribution in [0.15, 0.2) is 21.2 Å². The van der Waals surface area contributed by atoms with E-state index in [1.165, 1.54) is 4.90 Å². The van der Waals surface area contributed by atoms with E-state index in [-0.39, 0.29) is 18.9 Å². The van der Waals surface area contributed by atoms with E-state index in [1.54, 1.807) is 18.3 Å². The van der Waals surface area contributed by atoms with Crippen LogP contribution in [-0.2, 0) is 16.0 Å². The van der Waals surface area contributed by atoms with Crippen molar-refractivity contribution in [2.75, 3.05) is 13.1 Å². The van der Waals surface area contributed by atoms with E-state index in [0.29, 0.717) is 30.3 Å². The van der Waals surface area contributed by atoms with Crippen molar-refractivity contribution >= 4 is 23.2 Å². The molecule has 0 aliphatic carbocycles. The van der Waals surface area contributed by atoms with Crippen LogP contribution < -0.4 is 0 Å². The summed E-state index contributed by atoms with van der Waals surface area (Å²) < 4.78 is 5.59. The van der Waals surface area contributed by atoms with Gasteiger partial charge in [0, 0.05) is 17.5 Å². The van der Waals surface area contributed by atoms with Crippen LogP contribution in [0, 0.1) is 6.92 Å². The molecule has 0 saturated heterocycles. The first-order valence-electron chi connectivity index (χ1n) is 6.99. The third-order valence-electron chi connectivity index (χ3n) is 3.15. The number of hydrogen-bond acceptors (Lipinski definition) is 5. The molecule has 2 heterocycles. The summed E-state index contributed by atoms with van der Waals surface area (Å²) in [6.45, 7) is 3.78. The molecule has 0 fully saturated rings. The first-order valence-corrected chi connectivity index (χ1v) is 7.94. The highest BCUT2D eigenvalue weighted by atomic mass is 32.1. The van der Waals surface area contributed by atoms with Gasteiger partial charge in [0.2, 0.25) is 11.8 Å². The van der Waals surface area contributed by atoms with E-state index in [9.17, 15) is 9.59 Å². The maximum Gasteiger partial charge on any atom is 0.323 e. The van der Waals surface area contributed by atoms with Crippen LogP contribution in [0.3, 0.4) is 0 Å². The second-order valence-electron chi connectivity index (χ2n) is 4.92. The van der Waals surface area contributed by atoms with Crippen LogP contribution in [0.4, 0.5) is 0 Å². The van der Waals surface area contributed by atoms with Gasteiger partial charge in [-0.3, -0.25) is 9.59 Å². The van der Waals surface area contributed by atoms with Gasteiger partial charge in [-0.05, 0) is 24.8 Å². The number of aliphatic carboxylic acids is 1. The van der Waals surface area contributed by atoms with E-state index < -0.39 is 5.97 Å². The highest BCUT2D eigenvalue weighted by Gasteiger charge is 2.20. The van der Waals surface area contributed by atoms with Crippen molar-refractivity contribution < 1.29 is 19.1 Å². The Morgan fingerprint density at radius 2 is 2.23 bits per heavy atom. The van der Waals surface area contributed by atoms with Crippen LogP contribution >= 0.6 is 11.3 Å². The zero-order valence-electron chi connectivity index (χ0n) is 12.5. The van der Waals surface area contributed by atoms with E-state index in [2.05, 4.69) is 4.98 Å². The lowest BCUT2D eigenvalue weighted by Gasteiger charge is -2.19. The fourth-order valence-corrected chi connectivity index (χ4v) is 2.71. The third-order valence-corrected chi connectivity index (χ3v) is 3.84. The molecule has 0 radical (unpaired) electrons. The number of carboxylic acids is 1. The van der Waals surface area contributed by atoms with Crippen LogP contribution in [0.25, 0.3) is 11.5 Å². The fourth-order valence-electron chi connectivity index (χ4n) is 2.08. The van der Waals surface area contributed by atoms with Gasteiger partial charge in [0.05, 0.1) is 12.1 Å². The molecule has 22 heavy (non-hydrogen) atoms. The van der Waals surface area contributed by atoms with Crippen molar-refractivity contribution in [3.63, 3.8) is 0 Å². The summed E-state index contributed by atoms with van der Waals surface area (Å²) in [5, 5.41) is 12.7. The molecule has 118 valence electrons. The average molecular weight is 322 g/mol. The molecule has 0 aliphatic heterocycles. The number of carbonyl (C=O) groups excluding carboxylic acids is 1. The SMILES string of the molecule is CCCN(CC(=O)O)C(=O)Cc1nc(-c2ccsc2)oc1C. The van der Waals surface area contributed by atoms with Crippen molar-refractivity contribution in [1.29, 1.82) is 0 Å². The molecular weight excluding hydrogens is 304 g/mol. The minimum Gasteiger partial charge on any atom is -0.480 e. The van der Waals surface area contributed by atoms with Gasteiger partial charge in [-0.2, -0.15) is 11.3 Å². The standard InChI is InChI=1S/C15H18N2O4S/c1-3-5-17(8-14(19)20)13(18)7-12-10(2)21-15(16-12)11-4-6-22-9-11/h4,6,9H,3,5,7-8H2,1-2H3,(H,19,20). The molecule has 2 rings (SSSR count). The van der Waals surface area contributed by atoms with Gasteiger partial charge in [-0.15, -0.1) is 0 Å². The number of hydrogen-bond donors (Lipinski definition) is 1. The van der Waals surface area contributed by atoms with Crippen molar-refractivity contribution in [2.24, 2.45) is 0 Å². The lowest BCUT2D eigenvalue weighted by Crippen LogP contribution is -2.37. The number of rotatable bonds is 7. The van der Waals surface area contributed by atoms with Crippen LogP contribution in [0.1, 0.15) is 24.8 Å². The summed E-state index contributed by atoms with van der Waals surface area (Å²) in [7, 11) is 0. The van der Waals surface area contributed by atoms with Gasteiger partial charge in [0.15, 0.2) is 0 Å². The second-order valence-corrected chi connectivity index (χ2v) is 5.70. The Balaban J connectivity index is 2.12. The van der Waals surface area contributed by atoms with Gasteiger partial charge >= 0.3 is 5.97 Å². The van der Waals surface area contributed by atoms with E-state index in [4.69, 9.17) is 9.52 Å². The summed E-state index contributed by atoms with van der Waals surface area (Å²) in [4.78, 5) is 28.8. The molecule has 0 atom stereocenters. The maximum atomic E-state index is 12.3. The molecule has 1 N–H and O–H groups in total. The van der Waals surface area contributed by atoms with Gasteiger partial charge < -0.3 is 14.4 Å². The number of carboxylic acid groups (broad SMARTS) is 1. The Labute approximate surface area is 132 Å². The predicted octanol–water partition coefficient (Wildman–Crippen LogP) is 2.58. The summed E-state index contributed by atoms with van der Waals surface area (Å²) in [6.07, 6.45) is 0.754. The monoisotopic (exact) mass is 322 g/mol. The van der Waals surface area contributed by atoms with E-state index in [0.717, 1.165) is 5.56 Å². The number of aryl methyl sites for hydroxylation is 1. The molecule has 1 amide bonds. The molecule has 6 nitrogen and oxygen atoms in total. The third kappa shape index (κ3) is 3.94. The predicted molar refractivity (Wildman–Crippen MR) is 82.8 cm³/mol. The van der Waals surface area contributed by atoms with Crippen molar-refractivity contribution in [3.05, 3.63) is 28.3 Å². The van der Waals surface area contributed by atoms with Crippen molar-refractivity contribution in [3.8, 4) is 11.5 Å². The lowest BCUT2D eigenvalue weighted by molar-refractivity contribution is -0.144. The molecule has 0 aliphatic rings. The molecule has 0 spiro atoms. The highest BCUT2D eigenvalue weighted by Crippen LogP contribution is 2.24. The number of aromatic nitrogens is 1. The Morgan fingerprint density at radius 3 is 2.82 bits per heavy atom. The zero-order valence-corrected chi connectivity index (χ0v) is 13.4. The summed E-state index contributed by atoms with van der Waals surface area (Å²) >= 11 is 1.54. The Bertz CT molecular complexity index is 649. The zero-order chi connectivity index (χ0) is 16.1. The Morgan fingerprint density at radius 1 is 1.45 bits per heavy atom. The van der Waals surface area contributed by atoms with Gasteiger partial charge in [0.1, 0.15) is 12.3 Å². The molecule has 0 bridgehead atoms. The average Bonchev–Trinajstić information content (AvgIpc) is 3.08. The first-order chi connectivity index (χ1) is 10.5. The Kier molecular flexibility index (Phi) is 5.32. The fraction of sp³-hybridized carbons (Fsp3) is 0.400. The number of amides is 1. The minimum absolute atomic E-state index is 0.0484.